The summed E-state index contributed by atoms with van der Waals surface area (Å²) in [6.45, 7) is 2.00. The Labute approximate surface area is 145 Å². The van der Waals surface area contributed by atoms with E-state index in [1.807, 2.05) is 31.2 Å². The van der Waals surface area contributed by atoms with E-state index >= 15 is 0 Å². The lowest BCUT2D eigenvalue weighted by atomic mass is 10.1. The smallest absolute Gasteiger partial charge is 0.324 e. The van der Waals surface area contributed by atoms with Crippen molar-refractivity contribution >= 4 is 23.5 Å². The molecule has 2 N–H and O–H groups in total. The summed E-state index contributed by atoms with van der Waals surface area (Å²) >= 11 is 0. The highest BCUT2D eigenvalue weighted by Gasteiger charge is 2.36. The van der Waals surface area contributed by atoms with E-state index in [0.717, 1.165) is 16.0 Å². The van der Waals surface area contributed by atoms with Crippen molar-refractivity contribution in [2.45, 2.75) is 19.4 Å². The zero-order chi connectivity index (χ0) is 18.0. The number of nitrogens with zero attached hydrogens (tertiary/aromatic N) is 1. The van der Waals surface area contributed by atoms with Gasteiger partial charge in [-0.15, -0.1) is 0 Å². The van der Waals surface area contributed by atoms with E-state index in [2.05, 4.69) is 10.6 Å². The predicted molar refractivity (Wildman–Crippen MR) is 94.0 cm³/mol. The van der Waals surface area contributed by atoms with Crippen molar-refractivity contribution in [2.75, 3.05) is 12.4 Å². The molecule has 2 aromatic rings. The van der Waals surface area contributed by atoms with Crippen molar-refractivity contribution < 1.29 is 14.4 Å². The number of carbonyl (C=O) groups is 3. The van der Waals surface area contributed by atoms with Gasteiger partial charge in [0, 0.05) is 12.7 Å². The first-order valence-electron chi connectivity index (χ1n) is 7.97. The highest BCUT2D eigenvalue weighted by Crippen LogP contribution is 2.22. The highest BCUT2D eigenvalue weighted by atomic mass is 16.2. The number of benzene rings is 2. The van der Waals surface area contributed by atoms with Crippen LogP contribution in [0.15, 0.2) is 48.5 Å². The Kier molecular flexibility index (Phi) is 4.52. The summed E-state index contributed by atoms with van der Waals surface area (Å²) < 4.78 is 0. The fraction of sp³-hybridized carbons (Fsp3) is 0.211. The Balaban J connectivity index is 1.62. The molecule has 0 aromatic heterocycles. The Morgan fingerprint density at radius 2 is 1.72 bits per heavy atom. The number of hydrogen-bond donors (Lipinski definition) is 2. The van der Waals surface area contributed by atoms with Gasteiger partial charge in [-0.25, -0.2) is 4.79 Å². The third kappa shape index (κ3) is 3.68. The summed E-state index contributed by atoms with van der Waals surface area (Å²) in [5, 5.41) is 5.45. The molecule has 0 bridgehead atoms. The lowest BCUT2D eigenvalue weighted by molar-refractivity contribution is -0.126. The van der Waals surface area contributed by atoms with Crippen LogP contribution in [0.2, 0.25) is 0 Å². The van der Waals surface area contributed by atoms with Crippen LogP contribution in [0.4, 0.5) is 10.5 Å². The van der Waals surface area contributed by atoms with Gasteiger partial charge in [0.1, 0.15) is 6.04 Å². The largest absolute Gasteiger partial charge is 0.326 e. The van der Waals surface area contributed by atoms with Crippen LogP contribution in [0.1, 0.15) is 22.7 Å². The number of hydrogen-bond acceptors (Lipinski definition) is 3. The fourth-order valence-corrected chi connectivity index (χ4v) is 2.66. The minimum Gasteiger partial charge on any atom is -0.326 e. The molecule has 3 rings (SSSR count). The number of imide groups is 1. The average molecular weight is 337 g/mol. The van der Waals surface area contributed by atoms with Gasteiger partial charge in [0.25, 0.3) is 5.91 Å². The first-order chi connectivity index (χ1) is 11.9. The lowest BCUT2D eigenvalue weighted by Crippen LogP contribution is -2.25. The molecule has 2 aromatic carbocycles. The molecule has 1 saturated heterocycles. The molecule has 1 fully saturated rings. The second-order valence-electron chi connectivity index (χ2n) is 6.11. The van der Waals surface area contributed by atoms with Crippen molar-refractivity contribution in [3.05, 3.63) is 65.2 Å². The van der Waals surface area contributed by atoms with Crippen molar-refractivity contribution in [2.24, 2.45) is 0 Å². The molecule has 1 heterocycles. The van der Waals surface area contributed by atoms with Crippen LogP contribution in [0.3, 0.4) is 0 Å². The predicted octanol–water partition coefficient (Wildman–Crippen LogP) is 2.40. The van der Waals surface area contributed by atoms with E-state index in [0.29, 0.717) is 17.7 Å². The van der Waals surface area contributed by atoms with Gasteiger partial charge in [0.2, 0.25) is 5.91 Å². The third-order valence-corrected chi connectivity index (χ3v) is 4.16. The molecule has 1 atom stereocenters. The zero-order valence-electron chi connectivity index (χ0n) is 14.1. The van der Waals surface area contributed by atoms with Crippen LogP contribution in [-0.2, 0) is 16.0 Å². The molecule has 128 valence electrons. The quantitative estimate of drug-likeness (QED) is 0.841. The topological polar surface area (TPSA) is 78.5 Å². The van der Waals surface area contributed by atoms with Crippen LogP contribution >= 0.6 is 0 Å². The van der Waals surface area contributed by atoms with Gasteiger partial charge >= 0.3 is 6.03 Å². The molecular weight excluding hydrogens is 318 g/mol. The molecule has 0 aliphatic carbocycles. The number of aryl methyl sites for hydroxylation is 1. The molecule has 6 heteroatoms. The van der Waals surface area contributed by atoms with Crippen molar-refractivity contribution in [3.63, 3.8) is 0 Å². The van der Waals surface area contributed by atoms with E-state index < -0.39 is 12.1 Å². The van der Waals surface area contributed by atoms with Gasteiger partial charge in [-0.3, -0.25) is 14.5 Å². The Morgan fingerprint density at radius 1 is 1.08 bits per heavy atom. The Morgan fingerprint density at radius 3 is 2.28 bits per heavy atom. The number of rotatable bonds is 4. The summed E-state index contributed by atoms with van der Waals surface area (Å²) in [5.74, 6) is -0.400. The molecule has 1 aliphatic rings. The number of nitrogens with one attached hydrogen (secondary N) is 2. The van der Waals surface area contributed by atoms with E-state index in [-0.39, 0.29) is 11.8 Å². The number of anilines is 1. The van der Waals surface area contributed by atoms with Crippen LogP contribution in [0.25, 0.3) is 0 Å². The van der Waals surface area contributed by atoms with Crippen molar-refractivity contribution in [1.29, 1.82) is 0 Å². The second kappa shape index (κ2) is 6.76. The zero-order valence-corrected chi connectivity index (χ0v) is 14.1. The van der Waals surface area contributed by atoms with E-state index in [1.165, 1.54) is 7.05 Å². The monoisotopic (exact) mass is 337 g/mol. The average Bonchev–Trinajstić information content (AvgIpc) is 2.85. The third-order valence-electron chi connectivity index (χ3n) is 4.16. The first-order valence-corrected chi connectivity index (χ1v) is 7.97. The van der Waals surface area contributed by atoms with Gasteiger partial charge in [0.15, 0.2) is 0 Å². The SMILES string of the molecule is Cc1ccc(CC(=O)Nc2ccc(C3NC(=O)N(C)C3=O)cc2)cc1. The summed E-state index contributed by atoms with van der Waals surface area (Å²) in [6.07, 6.45) is 0.296. The minimum atomic E-state index is -0.671. The molecule has 0 radical (unpaired) electrons. The van der Waals surface area contributed by atoms with E-state index in [4.69, 9.17) is 0 Å². The highest BCUT2D eigenvalue weighted by molar-refractivity contribution is 6.04. The van der Waals surface area contributed by atoms with Crippen LogP contribution in [0.5, 0.6) is 0 Å². The molecule has 1 unspecified atom stereocenters. The van der Waals surface area contributed by atoms with Crippen LogP contribution in [-0.4, -0.2) is 29.8 Å². The van der Waals surface area contributed by atoms with Gasteiger partial charge in [-0.05, 0) is 30.2 Å². The van der Waals surface area contributed by atoms with Crippen LogP contribution in [0, 0.1) is 6.92 Å². The maximum atomic E-state index is 12.1. The number of urea groups is 1. The van der Waals surface area contributed by atoms with E-state index in [9.17, 15) is 14.4 Å². The minimum absolute atomic E-state index is 0.110. The van der Waals surface area contributed by atoms with Crippen molar-refractivity contribution in [1.82, 2.24) is 10.2 Å². The molecule has 0 saturated carbocycles. The Bertz CT molecular complexity index is 813. The van der Waals surface area contributed by atoms with Gasteiger partial charge in [-0.2, -0.15) is 0 Å². The van der Waals surface area contributed by atoms with Gasteiger partial charge < -0.3 is 10.6 Å². The molecule has 6 nitrogen and oxygen atoms in total. The molecule has 4 amide bonds. The summed E-state index contributed by atoms with van der Waals surface area (Å²) in [5.41, 5.74) is 3.42. The summed E-state index contributed by atoms with van der Waals surface area (Å²) in [6, 6.07) is 13.6. The number of amides is 4. The standard InChI is InChI=1S/C19H19N3O3/c1-12-3-5-13(6-4-12)11-16(23)20-15-9-7-14(8-10-15)17-18(24)22(2)19(25)21-17/h3-10,17H,11H2,1-2H3,(H,20,23)(H,21,25). The number of likely N-dealkylation sites (N-methyl/N-ethyl adjacent to an activating group) is 1. The van der Waals surface area contributed by atoms with Gasteiger partial charge in [0.05, 0.1) is 6.42 Å². The first kappa shape index (κ1) is 16.7. The summed E-state index contributed by atoms with van der Waals surface area (Å²) in [7, 11) is 1.44. The molecular formula is C19H19N3O3. The summed E-state index contributed by atoms with van der Waals surface area (Å²) in [4.78, 5) is 36.7. The van der Waals surface area contributed by atoms with E-state index in [1.54, 1.807) is 24.3 Å². The second-order valence-corrected chi connectivity index (χ2v) is 6.11. The number of carbonyl (C=O) groups excluding carboxylic acids is 3. The molecule has 25 heavy (non-hydrogen) atoms. The molecule has 1 aliphatic heterocycles. The van der Waals surface area contributed by atoms with Crippen LogP contribution < -0.4 is 10.6 Å². The van der Waals surface area contributed by atoms with Crippen molar-refractivity contribution in [3.8, 4) is 0 Å². The van der Waals surface area contributed by atoms with Gasteiger partial charge in [-0.1, -0.05) is 42.0 Å². The normalized spacial score (nSPS) is 16.7. The maximum Gasteiger partial charge on any atom is 0.324 e. The fourth-order valence-electron chi connectivity index (χ4n) is 2.66. The lowest BCUT2D eigenvalue weighted by Gasteiger charge is -2.10. The molecule has 0 spiro atoms. The Hall–Kier alpha value is -3.15. The maximum absolute atomic E-state index is 12.1.